The van der Waals surface area contributed by atoms with Crippen LogP contribution in [0.3, 0.4) is 0 Å². The second-order valence-electron chi connectivity index (χ2n) is 8.00. The molecule has 1 N–H and O–H groups in total. The highest BCUT2D eigenvalue weighted by Crippen LogP contribution is 2.22. The van der Waals surface area contributed by atoms with Gasteiger partial charge in [-0.15, -0.1) is 0 Å². The Kier molecular flexibility index (Phi) is 8.36. The van der Waals surface area contributed by atoms with Gasteiger partial charge in [0.1, 0.15) is 5.82 Å². The number of benzene rings is 2. The number of nitrogens with zero attached hydrogens (tertiary/aromatic N) is 3. The quantitative estimate of drug-likeness (QED) is 0.437. The Labute approximate surface area is 201 Å². The predicted octanol–water partition coefficient (Wildman–Crippen LogP) is 4.79. The van der Waals surface area contributed by atoms with E-state index in [1.165, 1.54) is 12.1 Å². The fourth-order valence-electron chi connectivity index (χ4n) is 3.77. The number of carbonyl (C=O) groups is 1. The third kappa shape index (κ3) is 6.79. The van der Waals surface area contributed by atoms with Gasteiger partial charge in [0.15, 0.2) is 0 Å². The minimum atomic E-state index is -0.301. The zero-order valence-electron chi connectivity index (χ0n) is 18.2. The summed E-state index contributed by atoms with van der Waals surface area (Å²) >= 11 is 7.94. The Morgan fingerprint density at radius 3 is 2.70 bits per heavy atom. The van der Waals surface area contributed by atoms with Gasteiger partial charge in [-0.25, -0.2) is 4.39 Å². The van der Waals surface area contributed by atoms with Crippen molar-refractivity contribution < 1.29 is 13.7 Å². The van der Waals surface area contributed by atoms with E-state index in [0.29, 0.717) is 30.4 Å². The van der Waals surface area contributed by atoms with Gasteiger partial charge in [-0.05, 0) is 61.8 Å². The van der Waals surface area contributed by atoms with E-state index >= 15 is 0 Å². The summed E-state index contributed by atoms with van der Waals surface area (Å²) in [6.45, 7) is 2.80. The lowest BCUT2D eigenvalue weighted by atomic mass is 9.96. The number of carbonyl (C=O) groups excluding carboxylic acids is 1. The minimum Gasteiger partial charge on any atom is -0.355 e. The molecule has 1 saturated heterocycles. The number of hydrogen-bond donors (Lipinski definition) is 1. The summed E-state index contributed by atoms with van der Waals surface area (Å²) in [5, 5.41) is 7.84. The third-order valence-corrected chi connectivity index (χ3v) is 7.03. The van der Waals surface area contributed by atoms with Gasteiger partial charge in [0.2, 0.25) is 17.6 Å². The first kappa shape index (κ1) is 23.7. The summed E-state index contributed by atoms with van der Waals surface area (Å²) in [6, 6.07) is 13.8. The van der Waals surface area contributed by atoms with Crippen LogP contribution in [-0.2, 0) is 17.1 Å². The van der Waals surface area contributed by atoms with Crippen molar-refractivity contribution in [2.45, 2.75) is 25.1 Å². The van der Waals surface area contributed by atoms with E-state index < -0.39 is 0 Å². The van der Waals surface area contributed by atoms with E-state index in [4.69, 9.17) is 16.1 Å². The number of amides is 1. The van der Waals surface area contributed by atoms with E-state index in [1.54, 1.807) is 23.9 Å². The van der Waals surface area contributed by atoms with Crippen LogP contribution in [0.2, 0.25) is 5.02 Å². The fraction of sp³-hybridized carbons (Fsp3) is 0.375. The maximum Gasteiger partial charge on any atom is 0.241 e. The van der Waals surface area contributed by atoms with Crippen LogP contribution < -0.4 is 5.32 Å². The van der Waals surface area contributed by atoms with Crippen LogP contribution in [0.5, 0.6) is 0 Å². The Morgan fingerprint density at radius 2 is 1.94 bits per heavy atom. The van der Waals surface area contributed by atoms with Crippen LogP contribution in [0.25, 0.3) is 11.4 Å². The predicted molar refractivity (Wildman–Crippen MR) is 128 cm³/mol. The normalized spacial score (nSPS) is 15.0. The van der Waals surface area contributed by atoms with Gasteiger partial charge in [0.25, 0.3) is 0 Å². The molecule has 0 atom stereocenters. The Morgan fingerprint density at radius 1 is 1.18 bits per heavy atom. The van der Waals surface area contributed by atoms with Gasteiger partial charge in [-0.3, -0.25) is 9.69 Å². The van der Waals surface area contributed by atoms with Crippen molar-refractivity contribution in [3.05, 3.63) is 70.8 Å². The van der Waals surface area contributed by atoms with Gasteiger partial charge in [0, 0.05) is 34.6 Å². The number of thioether (sulfide) groups is 1. The molecule has 2 aromatic carbocycles. The molecular formula is C24H26ClFN4O2S. The SMILES string of the molecule is O=C(NCCSCc1ccccc1Cl)C1CCN(Cc2nc(-c3ccc(F)cc3)no2)CC1. The molecule has 174 valence electrons. The van der Waals surface area contributed by atoms with Crippen LogP contribution in [0.15, 0.2) is 53.1 Å². The molecule has 3 aromatic rings. The topological polar surface area (TPSA) is 71.3 Å². The molecule has 1 aliphatic heterocycles. The molecule has 0 bridgehead atoms. The first-order chi connectivity index (χ1) is 16.1. The summed E-state index contributed by atoms with van der Waals surface area (Å²) in [5.41, 5.74) is 1.83. The molecule has 0 radical (unpaired) electrons. The van der Waals surface area contributed by atoms with Gasteiger partial charge >= 0.3 is 0 Å². The smallest absolute Gasteiger partial charge is 0.241 e. The first-order valence-corrected chi connectivity index (χ1v) is 12.5. The fourth-order valence-corrected chi connectivity index (χ4v) is 4.91. The van der Waals surface area contributed by atoms with Crippen LogP contribution in [-0.4, -0.2) is 46.3 Å². The van der Waals surface area contributed by atoms with E-state index in [-0.39, 0.29) is 17.6 Å². The second-order valence-corrected chi connectivity index (χ2v) is 9.52. The molecule has 1 aromatic heterocycles. The molecule has 0 saturated carbocycles. The van der Waals surface area contributed by atoms with Gasteiger partial charge < -0.3 is 9.84 Å². The lowest BCUT2D eigenvalue weighted by molar-refractivity contribution is -0.126. The van der Waals surface area contributed by atoms with Crippen molar-refractivity contribution in [3.63, 3.8) is 0 Å². The van der Waals surface area contributed by atoms with Crippen molar-refractivity contribution in [1.82, 2.24) is 20.4 Å². The van der Waals surface area contributed by atoms with Crippen LogP contribution >= 0.6 is 23.4 Å². The van der Waals surface area contributed by atoms with Crippen molar-refractivity contribution >= 4 is 29.3 Å². The number of nitrogens with one attached hydrogen (secondary N) is 1. The highest BCUT2D eigenvalue weighted by atomic mass is 35.5. The molecule has 1 fully saturated rings. The number of piperidine rings is 1. The van der Waals surface area contributed by atoms with Crippen molar-refractivity contribution in [2.75, 3.05) is 25.4 Å². The second kappa shape index (κ2) is 11.6. The maximum atomic E-state index is 13.1. The Balaban J connectivity index is 1.14. The van der Waals surface area contributed by atoms with E-state index in [1.807, 2.05) is 24.3 Å². The summed E-state index contributed by atoms with van der Waals surface area (Å²) in [6.07, 6.45) is 1.61. The van der Waals surface area contributed by atoms with Crippen molar-refractivity contribution in [2.24, 2.45) is 5.92 Å². The molecule has 0 spiro atoms. The molecule has 2 heterocycles. The Bertz CT molecular complexity index is 1050. The lowest BCUT2D eigenvalue weighted by Crippen LogP contribution is -2.40. The summed E-state index contributed by atoms with van der Waals surface area (Å²) in [4.78, 5) is 19.1. The summed E-state index contributed by atoms with van der Waals surface area (Å²) < 4.78 is 18.4. The maximum absolute atomic E-state index is 13.1. The van der Waals surface area contributed by atoms with Crippen molar-refractivity contribution in [3.8, 4) is 11.4 Å². The van der Waals surface area contributed by atoms with Gasteiger partial charge in [0.05, 0.1) is 6.54 Å². The first-order valence-electron chi connectivity index (χ1n) is 11.0. The molecule has 1 aliphatic rings. The molecular weight excluding hydrogens is 463 g/mol. The highest BCUT2D eigenvalue weighted by molar-refractivity contribution is 7.98. The average Bonchev–Trinajstić information content (AvgIpc) is 3.29. The van der Waals surface area contributed by atoms with Crippen LogP contribution in [0, 0.1) is 11.7 Å². The lowest BCUT2D eigenvalue weighted by Gasteiger charge is -2.30. The van der Waals surface area contributed by atoms with E-state index in [9.17, 15) is 9.18 Å². The third-order valence-electron chi connectivity index (χ3n) is 5.65. The molecule has 0 aliphatic carbocycles. The molecule has 4 rings (SSSR count). The number of likely N-dealkylation sites (tertiary alicyclic amines) is 1. The highest BCUT2D eigenvalue weighted by Gasteiger charge is 2.25. The summed E-state index contributed by atoms with van der Waals surface area (Å²) in [7, 11) is 0. The molecule has 0 unspecified atom stereocenters. The number of rotatable bonds is 9. The van der Waals surface area contributed by atoms with Gasteiger partial charge in [-0.2, -0.15) is 16.7 Å². The standard InChI is InChI=1S/C24H26ClFN4O2S/c25-21-4-2-1-3-19(21)16-33-14-11-27-24(31)18-9-12-30(13-10-18)15-22-28-23(29-32-22)17-5-7-20(26)8-6-17/h1-8,18H,9-16H2,(H,27,31). The number of halogens is 2. The number of aromatic nitrogens is 2. The molecule has 33 heavy (non-hydrogen) atoms. The summed E-state index contributed by atoms with van der Waals surface area (Å²) in [5.74, 6) is 2.52. The zero-order chi connectivity index (χ0) is 23.0. The minimum absolute atomic E-state index is 0.0345. The zero-order valence-corrected chi connectivity index (χ0v) is 19.7. The van der Waals surface area contributed by atoms with Crippen LogP contribution in [0.1, 0.15) is 24.3 Å². The average molecular weight is 489 g/mol. The molecule has 1 amide bonds. The van der Waals surface area contributed by atoms with E-state index in [0.717, 1.165) is 48.0 Å². The van der Waals surface area contributed by atoms with E-state index in [2.05, 4.69) is 20.4 Å². The number of hydrogen-bond acceptors (Lipinski definition) is 6. The Hall–Kier alpha value is -2.42. The van der Waals surface area contributed by atoms with Crippen LogP contribution in [0.4, 0.5) is 4.39 Å². The van der Waals surface area contributed by atoms with Gasteiger partial charge in [-0.1, -0.05) is 35.0 Å². The largest absolute Gasteiger partial charge is 0.355 e. The monoisotopic (exact) mass is 488 g/mol. The molecule has 6 nitrogen and oxygen atoms in total. The van der Waals surface area contributed by atoms with Crippen molar-refractivity contribution in [1.29, 1.82) is 0 Å². The molecule has 9 heteroatoms.